The van der Waals surface area contributed by atoms with Gasteiger partial charge < -0.3 is 10.3 Å². The summed E-state index contributed by atoms with van der Waals surface area (Å²) in [5.41, 5.74) is 8.40. The normalized spacial score (nSPS) is 11.7. The molecule has 0 saturated carbocycles. The molecule has 2 aromatic rings. The minimum absolute atomic E-state index is 0.0534. The Hall–Kier alpha value is -1.62. The van der Waals surface area contributed by atoms with Crippen molar-refractivity contribution in [1.82, 2.24) is 14.2 Å². The topological polar surface area (TPSA) is 65.3 Å². The molecule has 0 amide bonds. The first-order chi connectivity index (χ1) is 9.62. The molecule has 0 saturated heterocycles. The van der Waals surface area contributed by atoms with Crippen LogP contribution in [0.1, 0.15) is 50.4 Å². The Labute approximate surface area is 119 Å². The van der Waals surface area contributed by atoms with Gasteiger partial charge in [-0.25, -0.2) is 0 Å². The predicted octanol–water partition coefficient (Wildman–Crippen LogP) is 1.83. The highest BCUT2D eigenvalue weighted by Gasteiger charge is 2.15. The molecule has 0 aliphatic carbocycles. The fourth-order valence-electron chi connectivity index (χ4n) is 2.67. The highest BCUT2D eigenvalue weighted by atomic mass is 16.1. The number of aryl methyl sites for hydroxylation is 2. The van der Waals surface area contributed by atoms with Crippen molar-refractivity contribution >= 4 is 5.65 Å². The van der Waals surface area contributed by atoms with Crippen molar-refractivity contribution in [2.45, 2.75) is 45.4 Å². The van der Waals surface area contributed by atoms with Gasteiger partial charge in [0, 0.05) is 30.8 Å². The van der Waals surface area contributed by atoms with Gasteiger partial charge in [-0.15, -0.1) is 0 Å². The third-order valence-electron chi connectivity index (χ3n) is 4.02. The molecule has 2 rings (SSSR count). The average Bonchev–Trinajstić information content (AvgIpc) is 2.88. The molecule has 5 nitrogen and oxygen atoms in total. The van der Waals surface area contributed by atoms with E-state index in [1.807, 2.05) is 13.1 Å². The smallest absolute Gasteiger partial charge is 0.274 e. The van der Waals surface area contributed by atoms with E-state index in [0.29, 0.717) is 12.5 Å². The van der Waals surface area contributed by atoms with Crippen LogP contribution >= 0.6 is 0 Å². The molecule has 2 N–H and O–H groups in total. The zero-order valence-electron chi connectivity index (χ0n) is 12.6. The highest BCUT2D eigenvalue weighted by Crippen LogP contribution is 2.22. The molecule has 0 aliphatic rings. The van der Waals surface area contributed by atoms with Crippen molar-refractivity contribution < 1.29 is 0 Å². The number of aromatic nitrogens is 3. The Bertz CT molecular complexity index is 637. The molecule has 110 valence electrons. The van der Waals surface area contributed by atoms with Crippen LogP contribution in [0, 0.1) is 0 Å². The lowest BCUT2D eigenvalue weighted by Gasteiger charge is -2.09. The van der Waals surface area contributed by atoms with Gasteiger partial charge in [-0.2, -0.15) is 9.61 Å². The summed E-state index contributed by atoms with van der Waals surface area (Å²) < 4.78 is 3.57. The van der Waals surface area contributed by atoms with Crippen molar-refractivity contribution in [3.05, 3.63) is 33.9 Å². The Morgan fingerprint density at radius 3 is 2.60 bits per heavy atom. The minimum atomic E-state index is -0.0534. The monoisotopic (exact) mass is 276 g/mol. The van der Waals surface area contributed by atoms with E-state index >= 15 is 0 Å². The van der Waals surface area contributed by atoms with Crippen molar-refractivity contribution in [2.75, 3.05) is 6.54 Å². The third kappa shape index (κ3) is 2.63. The maximum atomic E-state index is 12.2. The van der Waals surface area contributed by atoms with Crippen molar-refractivity contribution in [3.8, 4) is 0 Å². The largest absolute Gasteiger partial charge is 0.333 e. The van der Waals surface area contributed by atoms with E-state index in [2.05, 4.69) is 23.5 Å². The van der Waals surface area contributed by atoms with Gasteiger partial charge >= 0.3 is 0 Å². The SMILES string of the molecule is CCC(CC)c1cc2n(C)c(CCCN)cc(=O)n2n1. The summed E-state index contributed by atoms with van der Waals surface area (Å²) in [4.78, 5) is 12.2. The molecule has 2 aromatic heterocycles. The zero-order chi connectivity index (χ0) is 14.7. The highest BCUT2D eigenvalue weighted by molar-refractivity contribution is 5.42. The molecular weight excluding hydrogens is 252 g/mol. The lowest BCUT2D eigenvalue weighted by molar-refractivity contribution is 0.614. The fourth-order valence-corrected chi connectivity index (χ4v) is 2.67. The van der Waals surface area contributed by atoms with Crippen molar-refractivity contribution in [1.29, 1.82) is 0 Å². The van der Waals surface area contributed by atoms with E-state index in [-0.39, 0.29) is 5.56 Å². The summed E-state index contributed by atoms with van der Waals surface area (Å²) >= 11 is 0. The van der Waals surface area contributed by atoms with Gasteiger partial charge in [0.2, 0.25) is 0 Å². The van der Waals surface area contributed by atoms with Crippen molar-refractivity contribution in [2.24, 2.45) is 12.8 Å². The Balaban J connectivity index is 2.53. The quantitative estimate of drug-likeness (QED) is 0.875. The van der Waals surface area contributed by atoms with Gasteiger partial charge in [-0.1, -0.05) is 13.8 Å². The van der Waals surface area contributed by atoms with Gasteiger partial charge in [0.25, 0.3) is 5.56 Å². The third-order valence-corrected chi connectivity index (χ3v) is 4.02. The number of fused-ring (bicyclic) bond motifs is 1. The van der Waals surface area contributed by atoms with Gasteiger partial charge in [0.05, 0.1) is 5.69 Å². The second-order valence-electron chi connectivity index (χ2n) is 5.28. The Kier molecular flexibility index (Phi) is 4.60. The van der Waals surface area contributed by atoms with Gasteiger partial charge in [-0.05, 0) is 32.2 Å². The maximum absolute atomic E-state index is 12.2. The molecule has 2 heterocycles. The molecular formula is C15H24N4O. The molecule has 0 unspecified atom stereocenters. The summed E-state index contributed by atoms with van der Waals surface area (Å²) in [6.07, 6.45) is 3.79. The van der Waals surface area contributed by atoms with E-state index in [1.165, 1.54) is 4.52 Å². The van der Waals surface area contributed by atoms with Crippen LogP contribution in [0.3, 0.4) is 0 Å². The molecule has 0 aliphatic heterocycles. The molecule has 0 aromatic carbocycles. The van der Waals surface area contributed by atoms with Crippen LogP contribution < -0.4 is 11.3 Å². The Morgan fingerprint density at radius 2 is 2.00 bits per heavy atom. The van der Waals surface area contributed by atoms with Crippen LogP contribution in [-0.4, -0.2) is 20.7 Å². The molecule has 5 heteroatoms. The number of hydrogen-bond donors (Lipinski definition) is 1. The Morgan fingerprint density at radius 1 is 1.30 bits per heavy atom. The second kappa shape index (κ2) is 6.22. The number of nitrogens with two attached hydrogens (primary N) is 1. The molecule has 0 radical (unpaired) electrons. The van der Waals surface area contributed by atoms with Crippen LogP contribution in [0.4, 0.5) is 0 Å². The average molecular weight is 276 g/mol. The van der Waals surface area contributed by atoms with Crippen LogP contribution in [0.15, 0.2) is 16.9 Å². The zero-order valence-corrected chi connectivity index (χ0v) is 12.6. The lowest BCUT2D eigenvalue weighted by Crippen LogP contribution is -2.20. The van der Waals surface area contributed by atoms with E-state index in [4.69, 9.17) is 5.73 Å². The number of rotatable bonds is 6. The summed E-state index contributed by atoms with van der Waals surface area (Å²) in [6, 6.07) is 3.72. The number of hydrogen-bond acceptors (Lipinski definition) is 3. The van der Waals surface area contributed by atoms with Crippen LogP contribution in [0.25, 0.3) is 5.65 Å². The van der Waals surface area contributed by atoms with E-state index in [1.54, 1.807) is 6.07 Å². The standard InChI is InChI=1S/C15H24N4O/c1-4-11(5-2)13-10-14-18(3)12(7-6-8-16)9-15(20)19(14)17-13/h9-11H,4-8,16H2,1-3H3. The molecule has 0 spiro atoms. The molecule has 0 bridgehead atoms. The first kappa shape index (κ1) is 14.8. The van der Waals surface area contributed by atoms with Crippen LogP contribution in [-0.2, 0) is 13.5 Å². The summed E-state index contributed by atoms with van der Waals surface area (Å²) in [5, 5.41) is 4.50. The van der Waals surface area contributed by atoms with Crippen LogP contribution in [0.2, 0.25) is 0 Å². The number of nitrogens with zero attached hydrogens (tertiary/aromatic N) is 3. The van der Waals surface area contributed by atoms with Gasteiger partial charge in [0.15, 0.2) is 0 Å². The van der Waals surface area contributed by atoms with Crippen LogP contribution in [0.5, 0.6) is 0 Å². The summed E-state index contributed by atoms with van der Waals surface area (Å²) in [5.74, 6) is 0.418. The van der Waals surface area contributed by atoms with E-state index in [9.17, 15) is 4.79 Å². The maximum Gasteiger partial charge on any atom is 0.274 e. The molecule has 0 atom stereocenters. The first-order valence-electron chi connectivity index (χ1n) is 7.41. The first-order valence-corrected chi connectivity index (χ1v) is 7.41. The molecule has 20 heavy (non-hydrogen) atoms. The van der Waals surface area contributed by atoms with E-state index < -0.39 is 0 Å². The fraction of sp³-hybridized carbons (Fsp3) is 0.600. The minimum Gasteiger partial charge on any atom is -0.333 e. The predicted molar refractivity (Wildman–Crippen MR) is 81.1 cm³/mol. The second-order valence-corrected chi connectivity index (χ2v) is 5.28. The lowest BCUT2D eigenvalue weighted by atomic mass is 10.00. The van der Waals surface area contributed by atoms with Gasteiger partial charge in [0.1, 0.15) is 5.65 Å². The molecule has 0 fully saturated rings. The summed E-state index contributed by atoms with van der Waals surface area (Å²) in [6.45, 7) is 4.95. The summed E-state index contributed by atoms with van der Waals surface area (Å²) in [7, 11) is 1.99. The van der Waals surface area contributed by atoms with Gasteiger partial charge in [-0.3, -0.25) is 4.79 Å². The van der Waals surface area contributed by atoms with Crippen molar-refractivity contribution in [3.63, 3.8) is 0 Å². The van der Waals surface area contributed by atoms with E-state index in [0.717, 1.165) is 42.7 Å².